The van der Waals surface area contributed by atoms with E-state index in [2.05, 4.69) is 10.1 Å². The van der Waals surface area contributed by atoms with Crippen LogP contribution in [-0.2, 0) is 6.54 Å². The van der Waals surface area contributed by atoms with Gasteiger partial charge in [0.05, 0.1) is 18.6 Å². The minimum absolute atomic E-state index is 0.0200. The predicted octanol–water partition coefficient (Wildman–Crippen LogP) is 2.91. The molecule has 0 amide bonds. The molecule has 0 fully saturated rings. The van der Waals surface area contributed by atoms with Gasteiger partial charge in [0.2, 0.25) is 0 Å². The highest BCUT2D eigenvalue weighted by Gasteiger charge is 2.10. The zero-order valence-corrected chi connectivity index (χ0v) is 12.4. The third-order valence-electron chi connectivity index (χ3n) is 3.33. The van der Waals surface area contributed by atoms with Crippen LogP contribution >= 0.6 is 0 Å². The number of nitro benzene ring substituents is 1. The molecular formula is C16H14N4O3. The van der Waals surface area contributed by atoms with Crippen LogP contribution in [0.2, 0.25) is 0 Å². The van der Waals surface area contributed by atoms with Crippen LogP contribution in [0.3, 0.4) is 0 Å². The van der Waals surface area contributed by atoms with Crippen molar-refractivity contribution in [2.24, 2.45) is 0 Å². The summed E-state index contributed by atoms with van der Waals surface area (Å²) in [6.45, 7) is 0.541. The van der Waals surface area contributed by atoms with Crippen molar-refractivity contribution in [3.8, 4) is 17.1 Å². The van der Waals surface area contributed by atoms with E-state index in [1.54, 1.807) is 30.3 Å². The van der Waals surface area contributed by atoms with Crippen molar-refractivity contribution in [3.05, 3.63) is 70.5 Å². The topological polar surface area (TPSA) is 83.1 Å². The minimum Gasteiger partial charge on any atom is -0.497 e. The molecule has 0 bridgehead atoms. The third-order valence-corrected chi connectivity index (χ3v) is 3.33. The highest BCUT2D eigenvalue weighted by molar-refractivity contribution is 5.58. The van der Waals surface area contributed by atoms with Crippen molar-refractivity contribution in [1.82, 2.24) is 14.8 Å². The largest absolute Gasteiger partial charge is 0.497 e. The smallest absolute Gasteiger partial charge is 0.270 e. The average molecular weight is 310 g/mol. The lowest BCUT2D eigenvalue weighted by molar-refractivity contribution is -0.384. The molecule has 1 aromatic heterocycles. The number of hydrogen-bond acceptors (Lipinski definition) is 5. The van der Waals surface area contributed by atoms with Crippen LogP contribution in [0.4, 0.5) is 5.69 Å². The number of non-ortho nitro benzene ring substituents is 1. The van der Waals surface area contributed by atoms with Crippen LogP contribution in [0.15, 0.2) is 54.9 Å². The molecule has 0 spiro atoms. The van der Waals surface area contributed by atoms with Gasteiger partial charge in [-0.05, 0) is 17.7 Å². The fourth-order valence-electron chi connectivity index (χ4n) is 2.22. The fraction of sp³-hybridized carbons (Fsp3) is 0.125. The molecular weight excluding hydrogens is 296 g/mol. The van der Waals surface area contributed by atoms with Gasteiger partial charge >= 0.3 is 0 Å². The highest BCUT2D eigenvalue weighted by Crippen LogP contribution is 2.21. The maximum absolute atomic E-state index is 10.8. The Bertz CT molecular complexity index is 845. The van der Waals surface area contributed by atoms with Crippen molar-refractivity contribution in [1.29, 1.82) is 0 Å². The molecule has 0 aliphatic heterocycles. The van der Waals surface area contributed by atoms with E-state index in [0.717, 1.165) is 11.3 Å². The van der Waals surface area contributed by atoms with Crippen molar-refractivity contribution >= 4 is 5.69 Å². The first-order chi connectivity index (χ1) is 11.2. The van der Waals surface area contributed by atoms with Crippen LogP contribution in [0.25, 0.3) is 11.4 Å². The highest BCUT2D eigenvalue weighted by atomic mass is 16.6. The Balaban J connectivity index is 1.83. The first-order valence-corrected chi connectivity index (χ1v) is 6.93. The molecule has 7 heteroatoms. The Kier molecular flexibility index (Phi) is 4.01. The number of nitrogens with zero attached hydrogens (tertiary/aromatic N) is 4. The number of rotatable bonds is 5. The number of hydrogen-bond donors (Lipinski definition) is 0. The Morgan fingerprint density at radius 3 is 2.83 bits per heavy atom. The molecule has 3 aromatic rings. The summed E-state index contributed by atoms with van der Waals surface area (Å²) >= 11 is 0. The second kappa shape index (κ2) is 6.27. The molecule has 7 nitrogen and oxygen atoms in total. The van der Waals surface area contributed by atoms with Crippen molar-refractivity contribution in [2.75, 3.05) is 7.11 Å². The van der Waals surface area contributed by atoms with Gasteiger partial charge in [-0.3, -0.25) is 10.1 Å². The van der Waals surface area contributed by atoms with Gasteiger partial charge in [0, 0.05) is 17.7 Å². The number of ether oxygens (including phenoxy) is 1. The summed E-state index contributed by atoms with van der Waals surface area (Å²) in [7, 11) is 1.62. The summed E-state index contributed by atoms with van der Waals surface area (Å²) < 4.78 is 6.88. The Morgan fingerprint density at radius 2 is 2.04 bits per heavy atom. The molecule has 1 heterocycles. The van der Waals surface area contributed by atoms with Gasteiger partial charge in [-0.25, -0.2) is 9.67 Å². The maximum Gasteiger partial charge on any atom is 0.270 e. The molecule has 0 aliphatic carbocycles. The quantitative estimate of drug-likeness (QED) is 0.534. The van der Waals surface area contributed by atoms with Crippen LogP contribution in [0.1, 0.15) is 5.56 Å². The second-order valence-electron chi connectivity index (χ2n) is 4.92. The zero-order valence-electron chi connectivity index (χ0n) is 12.4. The lowest BCUT2D eigenvalue weighted by Gasteiger charge is -2.04. The molecule has 0 radical (unpaired) electrons. The molecule has 23 heavy (non-hydrogen) atoms. The summed E-state index contributed by atoms with van der Waals surface area (Å²) in [4.78, 5) is 14.6. The van der Waals surface area contributed by atoms with Gasteiger partial charge in [0.25, 0.3) is 5.69 Å². The molecule has 0 saturated heterocycles. The van der Waals surface area contributed by atoms with E-state index in [1.165, 1.54) is 12.1 Å². The maximum atomic E-state index is 10.8. The second-order valence-corrected chi connectivity index (χ2v) is 4.92. The lowest BCUT2D eigenvalue weighted by atomic mass is 10.2. The van der Waals surface area contributed by atoms with Crippen LogP contribution in [0, 0.1) is 10.1 Å². The molecule has 0 aliphatic rings. The molecule has 116 valence electrons. The Hall–Kier alpha value is -3.22. The van der Waals surface area contributed by atoms with Crippen LogP contribution in [-0.4, -0.2) is 26.8 Å². The number of benzene rings is 2. The van der Waals surface area contributed by atoms with E-state index in [4.69, 9.17) is 4.74 Å². The SMILES string of the molecule is COc1cccc(Cn2cnc(-c3cccc([N+](=O)[O-])c3)n2)c1. The molecule has 0 N–H and O–H groups in total. The van der Waals surface area contributed by atoms with Gasteiger partial charge < -0.3 is 4.74 Å². The molecule has 0 saturated carbocycles. The van der Waals surface area contributed by atoms with E-state index in [0.29, 0.717) is 17.9 Å². The third kappa shape index (κ3) is 3.34. The van der Waals surface area contributed by atoms with Gasteiger partial charge in [-0.2, -0.15) is 5.10 Å². The van der Waals surface area contributed by atoms with Gasteiger partial charge in [0.1, 0.15) is 12.1 Å². The van der Waals surface area contributed by atoms with Gasteiger partial charge in [-0.1, -0.05) is 24.3 Å². The molecule has 0 atom stereocenters. The van der Waals surface area contributed by atoms with E-state index in [1.807, 2.05) is 24.3 Å². The first kappa shape index (κ1) is 14.7. The zero-order chi connectivity index (χ0) is 16.2. The van der Waals surface area contributed by atoms with Crippen molar-refractivity contribution < 1.29 is 9.66 Å². The van der Waals surface area contributed by atoms with Gasteiger partial charge in [0.15, 0.2) is 5.82 Å². The first-order valence-electron chi connectivity index (χ1n) is 6.93. The van der Waals surface area contributed by atoms with E-state index >= 15 is 0 Å². The number of aromatic nitrogens is 3. The summed E-state index contributed by atoms with van der Waals surface area (Å²) in [6, 6.07) is 14.0. The Labute approximate surface area is 132 Å². The van der Waals surface area contributed by atoms with E-state index in [-0.39, 0.29) is 5.69 Å². The van der Waals surface area contributed by atoms with Gasteiger partial charge in [-0.15, -0.1) is 0 Å². The van der Waals surface area contributed by atoms with Crippen LogP contribution in [0.5, 0.6) is 5.75 Å². The van der Waals surface area contributed by atoms with E-state index < -0.39 is 4.92 Å². The summed E-state index contributed by atoms with van der Waals surface area (Å²) in [5.41, 5.74) is 1.66. The lowest BCUT2D eigenvalue weighted by Crippen LogP contribution is -2.00. The number of methoxy groups -OCH3 is 1. The predicted molar refractivity (Wildman–Crippen MR) is 84.2 cm³/mol. The van der Waals surface area contributed by atoms with E-state index in [9.17, 15) is 10.1 Å². The minimum atomic E-state index is -0.434. The summed E-state index contributed by atoms with van der Waals surface area (Å²) in [5, 5.41) is 15.2. The standard InChI is InChI=1S/C16H14N4O3/c1-23-15-7-2-4-12(8-15)10-19-11-17-16(18-19)13-5-3-6-14(9-13)20(21)22/h2-9,11H,10H2,1H3. The normalized spacial score (nSPS) is 10.5. The van der Waals surface area contributed by atoms with Crippen molar-refractivity contribution in [2.45, 2.75) is 6.54 Å². The molecule has 3 rings (SSSR count). The van der Waals surface area contributed by atoms with Crippen molar-refractivity contribution in [3.63, 3.8) is 0 Å². The fourth-order valence-corrected chi connectivity index (χ4v) is 2.22. The van der Waals surface area contributed by atoms with Crippen LogP contribution < -0.4 is 4.74 Å². The molecule has 2 aromatic carbocycles. The Morgan fingerprint density at radius 1 is 1.22 bits per heavy atom. The summed E-state index contributed by atoms with van der Waals surface area (Å²) in [5.74, 6) is 1.23. The summed E-state index contributed by atoms with van der Waals surface area (Å²) in [6.07, 6.45) is 1.60. The molecule has 0 unspecified atom stereocenters. The number of nitro groups is 1. The average Bonchev–Trinajstić information content (AvgIpc) is 3.03. The monoisotopic (exact) mass is 310 g/mol.